The monoisotopic (exact) mass is 324 g/mol. The molecule has 4 heteroatoms. The van der Waals surface area contributed by atoms with Gasteiger partial charge in [0.2, 0.25) is 0 Å². The largest absolute Gasteiger partial charge is 0.488 e. The number of allylic oxidation sites excluding steroid dienone is 1. The van der Waals surface area contributed by atoms with Gasteiger partial charge in [-0.1, -0.05) is 41.9 Å². The second-order valence-corrected chi connectivity index (χ2v) is 5.50. The summed E-state index contributed by atoms with van der Waals surface area (Å²) in [6.45, 7) is 2.47. The minimum atomic E-state index is 0.471. The average Bonchev–Trinajstić information content (AvgIpc) is 3.09. The van der Waals surface area contributed by atoms with Crippen LogP contribution >= 0.6 is 11.6 Å². The fourth-order valence-corrected chi connectivity index (χ4v) is 2.65. The van der Waals surface area contributed by atoms with Gasteiger partial charge in [-0.25, -0.2) is 4.98 Å². The lowest BCUT2D eigenvalue weighted by Gasteiger charge is -2.15. The summed E-state index contributed by atoms with van der Waals surface area (Å²) in [5.41, 5.74) is 3.09. The van der Waals surface area contributed by atoms with E-state index in [-0.39, 0.29) is 0 Å². The van der Waals surface area contributed by atoms with Gasteiger partial charge in [-0.05, 0) is 36.8 Å². The van der Waals surface area contributed by atoms with E-state index in [9.17, 15) is 0 Å². The molecule has 3 rings (SSSR count). The molecule has 1 heterocycles. The second-order valence-electron chi connectivity index (χ2n) is 5.06. The Hall–Kier alpha value is -2.52. The normalized spacial score (nSPS) is 11.5. The standard InChI is InChI=1S/C19H17ClN2O/c1-2-18(22-11-10-21-14-22)17-8-3-4-9-19(17)23-13-15-6-5-7-16(20)12-15/h2-12,14H,13H2,1H3. The van der Waals surface area contributed by atoms with Gasteiger partial charge >= 0.3 is 0 Å². The lowest BCUT2D eigenvalue weighted by atomic mass is 10.1. The molecule has 1 aromatic heterocycles. The number of rotatable bonds is 5. The smallest absolute Gasteiger partial charge is 0.129 e. The lowest BCUT2D eigenvalue weighted by Crippen LogP contribution is -2.02. The molecule has 0 bridgehead atoms. The SMILES string of the molecule is CC=C(c1ccccc1OCc1cccc(Cl)c1)n1ccnc1. The van der Waals surface area contributed by atoms with Gasteiger partial charge in [0.25, 0.3) is 0 Å². The van der Waals surface area contributed by atoms with Crippen molar-refractivity contribution in [2.24, 2.45) is 0 Å². The van der Waals surface area contributed by atoms with Gasteiger partial charge in [-0.2, -0.15) is 0 Å². The highest BCUT2D eigenvalue weighted by atomic mass is 35.5. The van der Waals surface area contributed by atoms with Crippen molar-refractivity contribution in [1.29, 1.82) is 0 Å². The number of imidazole rings is 1. The van der Waals surface area contributed by atoms with Crippen LogP contribution in [0.1, 0.15) is 18.1 Å². The number of hydrogen-bond acceptors (Lipinski definition) is 2. The van der Waals surface area contributed by atoms with Crippen LogP contribution in [-0.2, 0) is 6.61 Å². The molecular formula is C19H17ClN2O. The van der Waals surface area contributed by atoms with Gasteiger partial charge in [-0.15, -0.1) is 0 Å². The number of halogens is 1. The van der Waals surface area contributed by atoms with E-state index < -0.39 is 0 Å². The highest BCUT2D eigenvalue weighted by molar-refractivity contribution is 6.30. The van der Waals surface area contributed by atoms with Crippen LogP contribution in [0.2, 0.25) is 5.02 Å². The van der Waals surface area contributed by atoms with Crippen molar-refractivity contribution in [2.75, 3.05) is 0 Å². The molecule has 0 aliphatic carbocycles. The van der Waals surface area contributed by atoms with Crippen LogP contribution in [0.15, 0.2) is 73.3 Å². The first kappa shape index (κ1) is 15.4. The molecule has 3 nitrogen and oxygen atoms in total. The van der Waals surface area contributed by atoms with Crippen molar-refractivity contribution in [3.8, 4) is 5.75 Å². The van der Waals surface area contributed by atoms with E-state index in [1.807, 2.05) is 72.3 Å². The molecule has 23 heavy (non-hydrogen) atoms. The van der Waals surface area contributed by atoms with Crippen molar-refractivity contribution >= 4 is 17.3 Å². The summed E-state index contributed by atoms with van der Waals surface area (Å²) in [5, 5.41) is 0.715. The predicted molar refractivity (Wildman–Crippen MR) is 93.5 cm³/mol. The Balaban J connectivity index is 1.86. The maximum atomic E-state index is 6.03. The molecule has 0 saturated heterocycles. The number of aromatic nitrogens is 2. The molecule has 116 valence electrons. The van der Waals surface area contributed by atoms with Crippen LogP contribution in [0.4, 0.5) is 0 Å². The number of nitrogens with zero attached hydrogens (tertiary/aromatic N) is 2. The Morgan fingerprint density at radius 2 is 2.09 bits per heavy atom. The molecule has 0 unspecified atom stereocenters. The van der Waals surface area contributed by atoms with Crippen LogP contribution in [0, 0.1) is 0 Å². The highest BCUT2D eigenvalue weighted by Gasteiger charge is 2.10. The molecular weight excluding hydrogens is 308 g/mol. The number of para-hydroxylation sites is 1. The van der Waals surface area contributed by atoms with Crippen molar-refractivity contribution in [3.05, 3.63) is 89.5 Å². The zero-order chi connectivity index (χ0) is 16.1. The van der Waals surface area contributed by atoms with E-state index in [2.05, 4.69) is 4.98 Å². The predicted octanol–water partition coefficient (Wildman–Crippen LogP) is 5.02. The molecule has 3 aromatic rings. The topological polar surface area (TPSA) is 27.1 Å². The summed E-state index contributed by atoms with van der Waals surface area (Å²) < 4.78 is 8.00. The zero-order valence-corrected chi connectivity index (χ0v) is 13.6. The third-order valence-corrected chi connectivity index (χ3v) is 3.74. The van der Waals surface area contributed by atoms with Gasteiger partial charge in [0.15, 0.2) is 0 Å². The summed E-state index contributed by atoms with van der Waals surface area (Å²) in [5.74, 6) is 0.828. The first-order valence-corrected chi connectivity index (χ1v) is 7.77. The second kappa shape index (κ2) is 7.16. The number of benzene rings is 2. The molecule has 0 radical (unpaired) electrons. The van der Waals surface area contributed by atoms with Crippen LogP contribution in [0.5, 0.6) is 5.75 Å². The number of ether oxygens (including phenoxy) is 1. The van der Waals surface area contributed by atoms with Gasteiger partial charge in [0, 0.05) is 23.0 Å². The molecule has 2 aromatic carbocycles. The first-order chi connectivity index (χ1) is 11.3. The minimum absolute atomic E-state index is 0.471. The first-order valence-electron chi connectivity index (χ1n) is 7.39. The van der Waals surface area contributed by atoms with E-state index in [0.717, 1.165) is 22.6 Å². The van der Waals surface area contributed by atoms with Gasteiger partial charge in [-0.3, -0.25) is 0 Å². The Morgan fingerprint density at radius 1 is 1.22 bits per heavy atom. The summed E-state index contributed by atoms with van der Waals surface area (Å²) >= 11 is 6.02. The Labute approximate surface area is 140 Å². The quantitative estimate of drug-likeness (QED) is 0.658. The van der Waals surface area contributed by atoms with Crippen LogP contribution in [0.25, 0.3) is 5.70 Å². The molecule has 0 aliphatic heterocycles. The van der Waals surface area contributed by atoms with Gasteiger partial charge in [0.05, 0.1) is 12.0 Å². The van der Waals surface area contributed by atoms with E-state index in [1.54, 1.807) is 12.5 Å². The minimum Gasteiger partial charge on any atom is -0.488 e. The Kier molecular flexibility index (Phi) is 4.79. The Bertz CT molecular complexity index is 810. The third-order valence-electron chi connectivity index (χ3n) is 3.50. The molecule has 0 amide bonds. The van der Waals surface area contributed by atoms with Crippen LogP contribution in [0.3, 0.4) is 0 Å². The summed E-state index contributed by atoms with van der Waals surface area (Å²) in [4.78, 5) is 4.12. The van der Waals surface area contributed by atoms with Gasteiger partial charge in [0.1, 0.15) is 12.4 Å². The number of hydrogen-bond donors (Lipinski definition) is 0. The van der Waals surface area contributed by atoms with Crippen molar-refractivity contribution in [3.63, 3.8) is 0 Å². The lowest BCUT2D eigenvalue weighted by molar-refractivity contribution is 0.305. The fraction of sp³-hybridized carbons (Fsp3) is 0.105. The van der Waals surface area contributed by atoms with Crippen molar-refractivity contribution < 1.29 is 4.74 Å². The van der Waals surface area contributed by atoms with Gasteiger partial charge < -0.3 is 9.30 Å². The zero-order valence-electron chi connectivity index (χ0n) is 12.8. The molecule has 0 spiro atoms. The van der Waals surface area contributed by atoms with Crippen molar-refractivity contribution in [1.82, 2.24) is 9.55 Å². The van der Waals surface area contributed by atoms with Crippen LogP contribution < -0.4 is 4.74 Å². The summed E-state index contributed by atoms with van der Waals surface area (Å²) in [7, 11) is 0. The van der Waals surface area contributed by atoms with Crippen LogP contribution in [-0.4, -0.2) is 9.55 Å². The average molecular weight is 325 g/mol. The maximum absolute atomic E-state index is 6.03. The highest BCUT2D eigenvalue weighted by Crippen LogP contribution is 2.28. The molecule has 0 N–H and O–H groups in total. The van der Waals surface area contributed by atoms with Crippen molar-refractivity contribution in [2.45, 2.75) is 13.5 Å². The third kappa shape index (κ3) is 3.63. The summed E-state index contributed by atoms with van der Waals surface area (Å²) in [6.07, 6.45) is 7.51. The molecule has 0 aliphatic rings. The molecule has 0 atom stereocenters. The van der Waals surface area contributed by atoms with E-state index in [4.69, 9.17) is 16.3 Å². The fourth-order valence-electron chi connectivity index (χ4n) is 2.44. The maximum Gasteiger partial charge on any atom is 0.129 e. The van der Waals surface area contributed by atoms with E-state index in [1.165, 1.54) is 0 Å². The molecule has 0 fully saturated rings. The summed E-state index contributed by atoms with van der Waals surface area (Å²) in [6, 6.07) is 15.7. The molecule has 0 saturated carbocycles. The van der Waals surface area contributed by atoms with E-state index in [0.29, 0.717) is 11.6 Å². The Morgan fingerprint density at radius 3 is 2.83 bits per heavy atom. The van der Waals surface area contributed by atoms with E-state index >= 15 is 0 Å².